The minimum atomic E-state index is -4.77. The zero-order chi connectivity index (χ0) is 16.3. The van der Waals surface area contributed by atoms with Crippen LogP contribution in [0.1, 0.15) is 37.3 Å². The van der Waals surface area contributed by atoms with Gasteiger partial charge in [0, 0.05) is 5.56 Å². The first-order valence-corrected chi connectivity index (χ1v) is 7.14. The van der Waals surface area contributed by atoms with Gasteiger partial charge >= 0.3 is 12.1 Å². The molecule has 0 aromatic heterocycles. The normalized spacial score (nSPS) is 14.2. The predicted octanol–water partition coefficient (Wildman–Crippen LogP) is -10.8. The highest BCUT2D eigenvalue weighted by molar-refractivity contribution is 5.95. The highest BCUT2D eigenvalue weighted by atomic mass is 19.4. The van der Waals surface area contributed by atoms with Crippen LogP contribution in [-0.2, 0) is 11.2 Å². The van der Waals surface area contributed by atoms with Crippen molar-refractivity contribution in [2.24, 2.45) is 0 Å². The van der Waals surface area contributed by atoms with Crippen molar-refractivity contribution in [1.29, 1.82) is 0 Å². The van der Waals surface area contributed by atoms with Gasteiger partial charge in [0.05, 0.1) is 5.57 Å². The number of fused-ring (bicyclic) bond motifs is 1. The Morgan fingerprint density at radius 3 is 2.19 bits per heavy atom. The number of rotatable bonds is 5. The summed E-state index contributed by atoms with van der Waals surface area (Å²) in [5.74, 6) is -1.48. The maximum Gasteiger partial charge on any atom is 0.430 e. The smallest absolute Gasteiger partial charge is 0.430 e. The van der Waals surface area contributed by atoms with Crippen LogP contribution in [-0.4, -0.2) is 23.4 Å². The number of carboxylic acids is 1. The number of carbonyl (C=O) groups is 1. The molecular weight excluding hydrogens is 392 g/mol. The Morgan fingerprint density at radius 2 is 1.70 bits per heavy atom. The summed E-state index contributed by atoms with van der Waals surface area (Å²) in [6.07, 6.45) is -2.70. The van der Waals surface area contributed by atoms with Crippen molar-refractivity contribution in [1.82, 2.24) is 0 Å². The summed E-state index contributed by atoms with van der Waals surface area (Å²) in [5.41, 5.74) is 0.276. The van der Waals surface area contributed by atoms with Gasteiger partial charge in [-0.05, 0) is 24.5 Å². The lowest BCUT2D eigenvalue weighted by molar-refractivity contribution is -0.187. The Balaban J connectivity index is -0.000000529. The van der Waals surface area contributed by atoms with Crippen molar-refractivity contribution in [3.05, 3.63) is 34.9 Å². The highest BCUT2D eigenvalue weighted by Crippen LogP contribution is 2.39. The molecule has 160 valence electrons. The Morgan fingerprint density at radius 1 is 1.11 bits per heavy atom. The molecule has 0 spiro atoms. The summed E-state index contributed by atoms with van der Waals surface area (Å²) in [4.78, 5) is 11.1. The Labute approximate surface area is 150 Å². The standard InChI is InChI=1S/C16H17F3O3.5FH/c1-2-3-4-6-10-7-5-8-11-9-12(15(20)21)14(16(17,18)19)22-13(10)11;;;;;/h5,7-9,14H,2-4,6H2,1H3,(H,20,21);5*1H/p-5. The van der Waals surface area contributed by atoms with E-state index < -0.39 is 23.8 Å². The summed E-state index contributed by atoms with van der Waals surface area (Å²) in [7, 11) is 0. The van der Waals surface area contributed by atoms with Crippen molar-refractivity contribution in [3.8, 4) is 5.75 Å². The molecule has 1 heterocycles. The van der Waals surface area contributed by atoms with E-state index in [-0.39, 0.29) is 29.3 Å². The number of alkyl halides is 3. The molecule has 1 N–H and O–H groups in total. The molecular formula is C16H17F8O3-5. The van der Waals surface area contributed by atoms with Gasteiger partial charge in [-0.15, -0.1) is 0 Å². The number of halogens is 8. The summed E-state index contributed by atoms with van der Waals surface area (Å²) in [5, 5.41) is 8.99. The molecule has 0 fully saturated rings. The van der Waals surface area contributed by atoms with E-state index in [4.69, 9.17) is 9.84 Å². The zero-order valence-corrected chi connectivity index (χ0v) is 14.0. The van der Waals surface area contributed by atoms with E-state index in [1.807, 2.05) is 6.92 Å². The zero-order valence-electron chi connectivity index (χ0n) is 14.0. The van der Waals surface area contributed by atoms with Crippen LogP contribution < -0.4 is 28.3 Å². The third kappa shape index (κ3) is 7.43. The average molecular weight is 409 g/mol. The lowest BCUT2D eigenvalue weighted by Crippen LogP contribution is -3.00. The molecule has 2 rings (SSSR count). The van der Waals surface area contributed by atoms with Crippen molar-refractivity contribution >= 4 is 12.0 Å². The van der Waals surface area contributed by atoms with Gasteiger partial charge in [0.1, 0.15) is 5.75 Å². The SMILES string of the molecule is CCCCCc1cccc2c1OC(C(F)(F)F)C(C(=O)O)=C2.[F-].[F-].[F-].[F-].[F-]. The molecule has 1 atom stereocenters. The first-order chi connectivity index (χ1) is 10.3. The summed E-state index contributed by atoms with van der Waals surface area (Å²) < 4.78 is 44.2. The molecule has 1 unspecified atom stereocenters. The molecule has 11 heteroatoms. The molecule has 0 saturated carbocycles. The third-order valence-electron chi connectivity index (χ3n) is 3.55. The monoisotopic (exact) mass is 409 g/mol. The molecule has 1 aromatic rings. The molecule has 1 aromatic carbocycles. The topological polar surface area (TPSA) is 46.5 Å². The van der Waals surface area contributed by atoms with Crippen molar-refractivity contribution in [2.45, 2.75) is 44.9 Å². The van der Waals surface area contributed by atoms with Gasteiger partial charge in [-0.25, -0.2) is 4.79 Å². The number of ether oxygens (including phenoxy) is 1. The van der Waals surface area contributed by atoms with Gasteiger partial charge in [0.15, 0.2) is 0 Å². The number of unbranched alkanes of at least 4 members (excludes halogenated alkanes) is 2. The van der Waals surface area contributed by atoms with Crippen molar-refractivity contribution in [2.75, 3.05) is 0 Å². The molecule has 1 aliphatic rings. The lowest BCUT2D eigenvalue weighted by atomic mass is 9.97. The van der Waals surface area contributed by atoms with E-state index in [1.165, 1.54) is 0 Å². The van der Waals surface area contributed by atoms with Gasteiger partial charge < -0.3 is 33.4 Å². The molecule has 1 aliphatic heterocycles. The predicted molar refractivity (Wildman–Crippen MR) is 75.8 cm³/mol. The van der Waals surface area contributed by atoms with Crippen LogP contribution in [0.15, 0.2) is 23.8 Å². The summed E-state index contributed by atoms with van der Waals surface area (Å²) in [6, 6.07) is 4.99. The fraction of sp³-hybridized carbons (Fsp3) is 0.438. The molecule has 0 saturated heterocycles. The highest BCUT2D eigenvalue weighted by Gasteiger charge is 2.48. The van der Waals surface area contributed by atoms with Crippen LogP contribution in [0.2, 0.25) is 0 Å². The second-order valence-electron chi connectivity index (χ2n) is 5.24. The summed E-state index contributed by atoms with van der Waals surface area (Å²) in [6.45, 7) is 2.04. The maximum absolute atomic E-state index is 13.1. The van der Waals surface area contributed by atoms with Crippen LogP contribution >= 0.6 is 0 Å². The summed E-state index contributed by atoms with van der Waals surface area (Å²) >= 11 is 0. The molecule has 0 bridgehead atoms. The number of carboxylic acid groups (broad SMARTS) is 1. The van der Waals surface area contributed by atoms with Crippen molar-refractivity contribution < 1.29 is 51.3 Å². The van der Waals surface area contributed by atoms with E-state index in [9.17, 15) is 18.0 Å². The number of hydrogen-bond acceptors (Lipinski definition) is 2. The second-order valence-corrected chi connectivity index (χ2v) is 5.24. The van der Waals surface area contributed by atoms with Gasteiger partial charge in [-0.1, -0.05) is 38.0 Å². The number of benzene rings is 1. The molecule has 27 heavy (non-hydrogen) atoms. The third-order valence-corrected chi connectivity index (χ3v) is 3.55. The van der Waals surface area contributed by atoms with Crippen LogP contribution in [0, 0.1) is 0 Å². The lowest BCUT2D eigenvalue weighted by Gasteiger charge is -2.28. The van der Waals surface area contributed by atoms with Gasteiger partial charge in [0.2, 0.25) is 6.10 Å². The molecule has 0 aliphatic carbocycles. The van der Waals surface area contributed by atoms with Gasteiger partial charge in [0.25, 0.3) is 0 Å². The fourth-order valence-corrected chi connectivity index (χ4v) is 2.47. The van der Waals surface area contributed by atoms with Crippen LogP contribution in [0.4, 0.5) is 13.2 Å². The minimum Gasteiger partial charge on any atom is -1.00 e. The number of hydrogen-bond donors (Lipinski definition) is 1. The Hall–Kier alpha value is -2.33. The first kappa shape index (κ1) is 32.4. The average Bonchev–Trinajstić information content (AvgIpc) is 2.45. The fourth-order valence-electron chi connectivity index (χ4n) is 2.47. The molecule has 0 amide bonds. The Kier molecular flexibility index (Phi) is 15.5. The quantitative estimate of drug-likeness (QED) is 0.388. The van der Waals surface area contributed by atoms with E-state index in [0.717, 1.165) is 25.3 Å². The minimum absolute atomic E-state index is 0. The largest absolute Gasteiger partial charge is 1.00 e. The molecule has 0 radical (unpaired) electrons. The van der Waals surface area contributed by atoms with E-state index in [2.05, 4.69) is 0 Å². The van der Waals surface area contributed by atoms with E-state index in [0.29, 0.717) is 17.5 Å². The van der Waals surface area contributed by atoms with Crippen LogP contribution in [0.3, 0.4) is 0 Å². The van der Waals surface area contributed by atoms with Gasteiger partial charge in [-0.3, -0.25) is 0 Å². The molecule has 3 nitrogen and oxygen atoms in total. The maximum atomic E-state index is 13.1. The van der Waals surface area contributed by atoms with Gasteiger partial charge in [-0.2, -0.15) is 13.2 Å². The number of aryl methyl sites for hydroxylation is 1. The second kappa shape index (κ2) is 12.9. The first-order valence-electron chi connectivity index (χ1n) is 7.14. The van der Waals surface area contributed by atoms with E-state index >= 15 is 0 Å². The van der Waals surface area contributed by atoms with E-state index in [1.54, 1.807) is 18.2 Å². The van der Waals surface area contributed by atoms with Crippen molar-refractivity contribution in [3.63, 3.8) is 0 Å². The number of aliphatic carboxylic acids is 1. The van der Waals surface area contributed by atoms with Crippen LogP contribution in [0.5, 0.6) is 5.75 Å². The van der Waals surface area contributed by atoms with Crippen LogP contribution in [0.25, 0.3) is 6.08 Å². The number of para-hydroxylation sites is 1. The Bertz CT molecular complexity index is 602.